The number of hydrogen-bond acceptors (Lipinski definition) is 3. The third kappa shape index (κ3) is 3.47. The lowest BCUT2D eigenvalue weighted by Gasteiger charge is -2.26. The summed E-state index contributed by atoms with van der Waals surface area (Å²) in [5.41, 5.74) is 5.76. The average Bonchev–Trinajstić information content (AvgIpc) is 3.07. The van der Waals surface area contributed by atoms with Gasteiger partial charge < -0.3 is 10.1 Å². The van der Waals surface area contributed by atoms with Gasteiger partial charge in [0, 0.05) is 32.7 Å². The van der Waals surface area contributed by atoms with Crippen molar-refractivity contribution in [1.82, 2.24) is 10.2 Å². The normalized spacial score (nSPS) is 20.9. The first-order valence-corrected chi connectivity index (χ1v) is 9.15. The van der Waals surface area contributed by atoms with Gasteiger partial charge in [-0.1, -0.05) is 30.4 Å². The van der Waals surface area contributed by atoms with Crippen LogP contribution in [-0.2, 0) is 0 Å². The van der Waals surface area contributed by atoms with Gasteiger partial charge in [-0.25, -0.2) is 0 Å². The van der Waals surface area contributed by atoms with Crippen LogP contribution in [0.3, 0.4) is 0 Å². The Balaban J connectivity index is 1.39. The van der Waals surface area contributed by atoms with Gasteiger partial charge in [-0.3, -0.25) is 4.90 Å². The molecule has 1 heterocycles. The predicted molar refractivity (Wildman–Crippen MR) is 99.2 cm³/mol. The maximum absolute atomic E-state index is 6.03. The molecule has 0 unspecified atom stereocenters. The second-order valence-electron chi connectivity index (χ2n) is 6.73. The SMILES string of the molecule is C1=CC2=C(CC1)C(c1cccc(OCCN3CCNCC3)c1)=CC2. The number of hydrogen-bond donors (Lipinski definition) is 1. The van der Waals surface area contributed by atoms with Crippen molar-refractivity contribution in [1.29, 1.82) is 0 Å². The van der Waals surface area contributed by atoms with Gasteiger partial charge in [0.25, 0.3) is 0 Å². The van der Waals surface area contributed by atoms with E-state index in [9.17, 15) is 0 Å². The average molecular weight is 322 g/mol. The maximum Gasteiger partial charge on any atom is 0.119 e. The Labute approximate surface area is 144 Å². The van der Waals surface area contributed by atoms with Crippen LogP contribution >= 0.6 is 0 Å². The highest BCUT2D eigenvalue weighted by atomic mass is 16.5. The van der Waals surface area contributed by atoms with Crippen LogP contribution in [0.1, 0.15) is 24.8 Å². The minimum atomic E-state index is 0.763. The molecule has 0 bridgehead atoms. The van der Waals surface area contributed by atoms with Crippen LogP contribution in [-0.4, -0.2) is 44.2 Å². The highest BCUT2D eigenvalue weighted by Gasteiger charge is 2.19. The Morgan fingerprint density at radius 1 is 1.17 bits per heavy atom. The molecule has 0 aromatic heterocycles. The van der Waals surface area contributed by atoms with Gasteiger partial charge in [0.2, 0.25) is 0 Å². The molecule has 24 heavy (non-hydrogen) atoms. The van der Waals surface area contributed by atoms with Crippen LogP contribution in [0, 0.1) is 0 Å². The summed E-state index contributed by atoms with van der Waals surface area (Å²) >= 11 is 0. The number of nitrogens with one attached hydrogen (secondary N) is 1. The van der Waals surface area contributed by atoms with Crippen molar-refractivity contribution in [2.75, 3.05) is 39.3 Å². The lowest BCUT2D eigenvalue weighted by Crippen LogP contribution is -2.44. The highest BCUT2D eigenvalue weighted by Crippen LogP contribution is 2.39. The second-order valence-corrected chi connectivity index (χ2v) is 6.73. The molecular formula is C21H26N2O. The lowest BCUT2D eigenvalue weighted by atomic mass is 9.92. The molecule has 0 radical (unpaired) electrons. The molecule has 1 N–H and O–H groups in total. The predicted octanol–water partition coefficient (Wildman–Crippen LogP) is 3.40. The number of piperazine rings is 1. The molecule has 3 aliphatic rings. The Kier molecular flexibility index (Phi) is 4.81. The molecule has 1 fully saturated rings. The van der Waals surface area contributed by atoms with E-state index in [1.807, 2.05) is 0 Å². The molecule has 126 valence electrons. The Morgan fingerprint density at radius 2 is 2.08 bits per heavy atom. The van der Waals surface area contributed by atoms with Gasteiger partial charge >= 0.3 is 0 Å². The molecule has 1 aromatic rings. The number of benzene rings is 1. The zero-order valence-corrected chi connectivity index (χ0v) is 14.3. The molecule has 1 aliphatic heterocycles. The number of rotatable bonds is 5. The first-order chi connectivity index (χ1) is 11.9. The van der Waals surface area contributed by atoms with Crippen LogP contribution in [0.15, 0.2) is 53.6 Å². The molecule has 0 atom stereocenters. The highest BCUT2D eigenvalue weighted by molar-refractivity contribution is 5.84. The van der Waals surface area contributed by atoms with Crippen LogP contribution in [0.4, 0.5) is 0 Å². The number of ether oxygens (including phenoxy) is 1. The molecule has 1 saturated heterocycles. The molecule has 3 nitrogen and oxygen atoms in total. The first kappa shape index (κ1) is 15.7. The summed E-state index contributed by atoms with van der Waals surface area (Å²) in [6, 6.07) is 8.61. The van der Waals surface area contributed by atoms with Gasteiger partial charge in [-0.15, -0.1) is 0 Å². The fourth-order valence-corrected chi connectivity index (χ4v) is 3.82. The van der Waals surface area contributed by atoms with E-state index >= 15 is 0 Å². The smallest absolute Gasteiger partial charge is 0.119 e. The zero-order chi connectivity index (χ0) is 16.2. The summed E-state index contributed by atoms with van der Waals surface area (Å²) in [5.74, 6) is 0.990. The van der Waals surface area contributed by atoms with Crippen LogP contribution in [0.5, 0.6) is 5.75 Å². The summed E-state index contributed by atoms with van der Waals surface area (Å²) in [6.07, 6.45) is 10.4. The summed E-state index contributed by atoms with van der Waals surface area (Å²) in [4.78, 5) is 2.46. The Bertz CT molecular complexity index is 681. The van der Waals surface area contributed by atoms with E-state index in [1.165, 1.54) is 28.7 Å². The van der Waals surface area contributed by atoms with Crippen molar-refractivity contribution >= 4 is 5.57 Å². The third-order valence-electron chi connectivity index (χ3n) is 5.15. The van der Waals surface area contributed by atoms with E-state index in [0.29, 0.717) is 0 Å². The first-order valence-electron chi connectivity index (χ1n) is 9.15. The number of nitrogens with zero attached hydrogens (tertiary/aromatic N) is 1. The van der Waals surface area contributed by atoms with Crippen LogP contribution in [0.2, 0.25) is 0 Å². The van der Waals surface area contributed by atoms with Crippen molar-refractivity contribution in [2.45, 2.75) is 19.3 Å². The van der Waals surface area contributed by atoms with E-state index in [1.54, 1.807) is 0 Å². The lowest BCUT2D eigenvalue weighted by molar-refractivity contribution is 0.191. The molecular weight excluding hydrogens is 296 g/mol. The van der Waals surface area contributed by atoms with Gasteiger partial charge in [0.1, 0.15) is 12.4 Å². The maximum atomic E-state index is 6.03. The fraction of sp³-hybridized carbons (Fsp3) is 0.429. The van der Waals surface area contributed by atoms with Gasteiger partial charge in [-0.2, -0.15) is 0 Å². The molecule has 1 aromatic carbocycles. The fourth-order valence-electron chi connectivity index (χ4n) is 3.82. The molecule has 4 rings (SSSR count). The minimum absolute atomic E-state index is 0.763. The van der Waals surface area contributed by atoms with E-state index in [2.05, 4.69) is 52.7 Å². The summed E-state index contributed by atoms with van der Waals surface area (Å²) < 4.78 is 6.03. The van der Waals surface area contributed by atoms with Gasteiger partial charge in [0.05, 0.1) is 0 Å². The molecule has 3 heteroatoms. The van der Waals surface area contributed by atoms with E-state index < -0.39 is 0 Å². The molecule has 0 spiro atoms. The van der Waals surface area contributed by atoms with Crippen molar-refractivity contribution in [3.63, 3.8) is 0 Å². The van der Waals surface area contributed by atoms with Gasteiger partial charge in [0.15, 0.2) is 0 Å². The van der Waals surface area contributed by atoms with Crippen LogP contribution in [0.25, 0.3) is 5.57 Å². The van der Waals surface area contributed by atoms with Crippen molar-refractivity contribution < 1.29 is 4.74 Å². The van der Waals surface area contributed by atoms with E-state index in [0.717, 1.165) is 57.9 Å². The van der Waals surface area contributed by atoms with E-state index in [-0.39, 0.29) is 0 Å². The molecule has 0 amide bonds. The molecule has 2 aliphatic carbocycles. The number of allylic oxidation sites excluding steroid dienone is 6. The standard InChI is InChI=1S/C21H26N2O/c1-2-7-20-17(4-1)8-9-21(20)18-5-3-6-19(16-18)24-15-14-23-12-10-22-11-13-23/h1,3-6,9,16,22H,2,7-8,10-15H2. The van der Waals surface area contributed by atoms with Crippen molar-refractivity contribution in [2.24, 2.45) is 0 Å². The summed E-state index contributed by atoms with van der Waals surface area (Å²) in [6.45, 7) is 6.21. The topological polar surface area (TPSA) is 24.5 Å². The van der Waals surface area contributed by atoms with E-state index in [4.69, 9.17) is 4.74 Å². The van der Waals surface area contributed by atoms with Crippen molar-refractivity contribution in [3.05, 3.63) is 59.2 Å². The quantitative estimate of drug-likeness (QED) is 0.899. The third-order valence-corrected chi connectivity index (χ3v) is 5.15. The van der Waals surface area contributed by atoms with Crippen LogP contribution < -0.4 is 10.1 Å². The van der Waals surface area contributed by atoms with Gasteiger partial charge in [-0.05, 0) is 53.7 Å². The second kappa shape index (κ2) is 7.37. The Hall–Kier alpha value is -1.84. The summed E-state index contributed by atoms with van der Waals surface area (Å²) in [7, 11) is 0. The molecule has 0 saturated carbocycles. The van der Waals surface area contributed by atoms with Crippen molar-refractivity contribution in [3.8, 4) is 5.75 Å². The summed E-state index contributed by atoms with van der Waals surface area (Å²) in [5, 5.41) is 3.39. The largest absolute Gasteiger partial charge is 0.492 e. The zero-order valence-electron chi connectivity index (χ0n) is 14.3. The Morgan fingerprint density at radius 3 is 3.00 bits per heavy atom. The minimum Gasteiger partial charge on any atom is -0.492 e. The monoisotopic (exact) mass is 322 g/mol.